The first-order chi connectivity index (χ1) is 12.1. The number of hydrazone groups is 1. The molecule has 0 unspecified atom stereocenters. The van der Waals surface area contributed by atoms with E-state index in [-0.39, 0.29) is 17.7 Å². The van der Waals surface area contributed by atoms with E-state index in [9.17, 15) is 4.79 Å². The summed E-state index contributed by atoms with van der Waals surface area (Å²) in [6.07, 6.45) is 2.08. The highest BCUT2D eigenvalue weighted by Gasteiger charge is 2.36. The normalized spacial score (nSPS) is 17.0. The molecule has 0 saturated heterocycles. The molecular formula is C18H12BrClN2O3. The van der Waals surface area contributed by atoms with Gasteiger partial charge in [-0.05, 0) is 46.3 Å². The number of nitrogens with zero attached hydrogens (tertiary/aromatic N) is 2. The number of benzene rings is 1. The number of rotatable bonds is 3. The molecule has 1 amide bonds. The third-order valence-electron chi connectivity index (χ3n) is 3.96. The van der Waals surface area contributed by atoms with Crippen molar-refractivity contribution >= 4 is 39.1 Å². The van der Waals surface area contributed by atoms with Gasteiger partial charge in [-0.3, -0.25) is 4.79 Å². The maximum absolute atomic E-state index is 12.9. The molecule has 0 radical (unpaired) electrons. The molecule has 25 heavy (non-hydrogen) atoms. The molecule has 126 valence electrons. The molecule has 0 aliphatic carbocycles. The Labute approximate surface area is 157 Å². The molecule has 0 N–H and O–H groups in total. The van der Waals surface area contributed by atoms with Crippen LogP contribution in [0, 0.1) is 0 Å². The molecule has 0 bridgehead atoms. The fourth-order valence-electron chi connectivity index (χ4n) is 2.80. The largest absolute Gasteiger partial charge is 0.467 e. The van der Waals surface area contributed by atoms with Gasteiger partial charge in [-0.25, -0.2) is 5.01 Å². The first-order valence-corrected chi connectivity index (χ1v) is 8.75. The number of hydrogen-bond donors (Lipinski definition) is 0. The van der Waals surface area contributed by atoms with Gasteiger partial charge in [0.25, 0.3) is 0 Å². The van der Waals surface area contributed by atoms with Crippen LogP contribution >= 0.6 is 27.5 Å². The summed E-state index contributed by atoms with van der Waals surface area (Å²) in [6, 6.07) is 14.0. The van der Waals surface area contributed by atoms with E-state index in [1.165, 1.54) is 5.01 Å². The lowest BCUT2D eigenvalue weighted by Crippen LogP contribution is -2.26. The third kappa shape index (κ3) is 3.03. The van der Waals surface area contributed by atoms with E-state index < -0.39 is 0 Å². The standard InChI is InChI=1S/C18H12BrClN2O3/c19-17-8-7-16(25-17)18(23)22-14(15-6-3-9-24-15)10-13(21-22)11-4-1-2-5-12(11)20/h1-9,14H,10H2/t14-/m1/s1. The Morgan fingerprint density at radius 1 is 1.20 bits per heavy atom. The molecule has 0 fully saturated rings. The Hall–Kier alpha value is -2.31. The zero-order chi connectivity index (χ0) is 17.4. The van der Waals surface area contributed by atoms with Crippen molar-refractivity contribution in [3.8, 4) is 0 Å². The molecule has 3 aromatic rings. The van der Waals surface area contributed by atoms with Crippen LogP contribution in [0.5, 0.6) is 0 Å². The lowest BCUT2D eigenvalue weighted by molar-refractivity contribution is 0.0659. The molecule has 1 aliphatic heterocycles. The number of carbonyl (C=O) groups excluding carboxylic acids is 1. The van der Waals surface area contributed by atoms with Gasteiger partial charge in [0, 0.05) is 17.0 Å². The van der Waals surface area contributed by atoms with Gasteiger partial charge in [0.15, 0.2) is 10.4 Å². The number of furan rings is 2. The van der Waals surface area contributed by atoms with Gasteiger partial charge >= 0.3 is 5.91 Å². The Kier molecular flexibility index (Phi) is 4.23. The van der Waals surface area contributed by atoms with E-state index >= 15 is 0 Å². The van der Waals surface area contributed by atoms with Crippen LogP contribution in [-0.2, 0) is 0 Å². The molecule has 5 nitrogen and oxygen atoms in total. The zero-order valence-corrected chi connectivity index (χ0v) is 15.2. The van der Waals surface area contributed by atoms with Crippen molar-refractivity contribution in [2.24, 2.45) is 5.10 Å². The maximum atomic E-state index is 12.9. The fraction of sp³-hybridized carbons (Fsp3) is 0.111. The first-order valence-electron chi connectivity index (χ1n) is 7.58. The van der Waals surface area contributed by atoms with Crippen LogP contribution in [0.25, 0.3) is 0 Å². The monoisotopic (exact) mass is 418 g/mol. The van der Waals surface area contributed by atoms with E-state index in [1.54, 1.807) is 30.5 Å². The van der Waals surface area contributed by atoms with Crippen LogP contribution in [0.4, 0.5) is 0 Å². The zero-order valence-electron chi connectivity index (χ0n) is 12.9. The smallest absolute Gasteiger partial charge is 0.310 e. The minimum atomic E-state index is -0.349. The summed E-state index contributed by atoms with van der Waals surface area (Å²) in [7, 11) is 0. The minimum absolute atomic E-state index is 0.201. The highest BCUT2D eigenvalue weighted by atomic mass is 79.9. The van der Waals surface area contributed by atoms with Crippen LogP contribution in [0.15, 0.2) is 73.4 Å². The summed E-state index contributed by atoms with van der Waals surface area (Å²) < 4.78 is 11.4. The average Bonchev–Trinajstić information content (AvgIpc) is 3.34. The predicted octanol–water partition coefficient (Wildman–Crippen LogP) is 5.28. The molecule has 7 heteroatoms. The summed E-state index contributed by atoms with van der Waals surface area (Å²) in [5, 5.41) is 6.51. The molecule has 2 aromatic heterocycles. The molecule has 0 spiro atoms. The lowest BCUT2D eigenvalue weighted by Gasteiger charge is -2.18. The number of amides is 1. The van der Waals surface area contributed by atoms with Gasteiger partial charge in [-0.2, -0.15) is 5.10 Å². The van der Waals surface area contributed by atoms with Gasteiger partial charge in [-0.1, -0.05) is 29.8 Å². The third-order valence-corrected chi connectivity index (χ3v) is 4.71. The van der Waals surface area contributed by atoms with Crippen LogP contribution < -0.4 is 0 Å². The molecule has 3 heterocycles. The highest BCUT2D eigenvalue weighted by Crippen LogP contribution is 2.35. The second-order valence-electron chi connectivity index (χ2n) is 5.52. The molecule has 1 atom stereocenters. The summed E-state index contributed by atoms with van der Waals surface area (Å²) in [4.78, 5) is 12.9. The van der Waals surface area contributed by atoms with Crippen molar-refractivity contribution in [3.63, 3.8) is 0 Å². The van der Waals surface area contributed by atoms with Crippen molar-refractivity contribution in [2.45, 2.75) is 12.5 Å². The van der Waals surface area contributed by atoms with Crippen LogP contribution in [0.1, 0.15) is 34.3 Å². The Morgan fingerprint density at radius 2 is 2.04 bits per heavy atom. The molecular weight excluding hydrogens is 408 g/mol. The number of halogens is 2. The maximum Gasteiger partial charge on any atom is 0.310 e. The average molecular weight is 420 g/mol. The second-order valence-corrected chi connectivity index (χ2v) is 6.70. The summed E-state index contributed by atoms with van der Waals surface area (Å²) in [5.74, 6) is 0.520. The molecule has 0 saturated carbocycles. The first kappa shape index (κ1) is 16.2. The highest BCUT2D eigenvalue weighted by molar-refractivity contribution is 9.10. The topological polar surface area (TPSA) is 59.0 Å². The van der Waals surface area contributed by atoms with Crippen molar-refractivity contribution in [1.29, 1.82) is 0 Å². The molecule has 4 rings (SSSR count). The summed E-state index contributed by atoms with van der Waals surface area (Å²) >= 11 is 9.50. The Morgan fingerprint density at radius 3 is 2.72 bits per heavy atom. The van der Waals surface area contributed by atoms with Gasteiger partial charge in [0.1, 0.15) is 11.8 Å². The molecule has 1 aromatic carbocycles. The van der Waals surface area contributed by atoms with E-state index in [1.807, 2.05) is 24.3 Å². The Balaban J connectivity index is 1.74. The lowest BCUT2D eigenvalue weighted by atomic mass is 10.0. The number of hydrogen-bond acceptors (Lipinski definition) is 4. The minimum Gasteiger partial charge on any atom is -0.467 e. The SMILES string of the molecule is O=C(c1ccc(Br)o1)N1N=C(c2ccccc2Cl)C[C@@H]1c1ccco1. The van der Waals surface area contributed by atoms with Crippen molar-refractivity contribution in [1.82, 2.24) is 5.01 Å². The van der Waals surface area contributed by atoms with Gasteiger partial charge in [0.05, 0.1) is 12.0 Å². The van der Waals surface area contributed by atoms with Gasteiger partial charge in [-0.15, -0.1) is 0 Å². The quantitative estimate of drug-likeness (QED) is 0.580. The number of carbonyl (C=O) groups is 1. The van der Waals surface area contributed by atoms with Crippen LogP contribution in [-0.4, -0.2) is 16.6 Å². The fourth-order valence-corrected chi connectivity index (χ4v) is 3.35. The van der Waals surface area contributed by atoms with E-state index in [0.717, 1.165) is 11.3 Å². The summed E-state index contributed by atoms with van der Waals surface area (Å²) in [6.45, 7) is 0. The van der Waals surface area contributed by atoms with Crippen molar-refractivity contribution in [3.05, 3.63) is 81.6 Å². The van der Waals surface area contributed by atoms with Crippen molar-refractivity contribution in [2.75, 3.05) is 0 Å². The van der Waals surface area contributed by atoms with Crippen molar-refractivity contribution < 1.29 is 13.6 Å². The second kappa shape index (κ2) is 6.54. The van der Waals surface area contributed by atoms with Gasteiger partial charge in [0.2, 0.25) is 0 Å². The van der Waals surface area contributed by atoms with E-state index in [0.29, 0.717) is 21.9 Å². The van der Waals surface area contributed by atoms with Gasteiger partial charge < -0.3 is 8.83 Å². The van der Waals surface area contributed by atoms with Crippen LogP contribution in [0.3, 0.4) is 0 Å². The van der Waals surface area contributed by atoms with E-state index in [4.69, 9.17) is 20.4 Å². The summed E-state index contributed by atoms with van der Waals surface area (Å²) in [5.41, 5.74) is 1.53. The predicted molar refractivity (Wildman–Crippen MR) is 96.6 cm³/mol. The van der Waals surface area contributed by atoms with E-state index in [2.05, 4.69) is 21.0 Å². The van der Waals surface area contributed by atoms with Crippen LogP contribution in [0.2, 0.25) is 5.02 Å². The Bertz CT molecular complexity index is 949. The molecule has 1 aliphatic rings.